The van der Waals surface area contributed by atoms with Crippen molar-refractivity contribution in [3.05, 3.63) is 97.2 Å². The molecule has 0 aliphatic carbocycles. The summed E-state index contributed by atoms with van der Waals surface area (Å²) in [7, 11) is 7.38. The Kier molecular flexibility index (Phi) is 81.7. The van der Waals surface area contributed by atoms with Gasteiger partial charge in [0.15, 0.2) is 0 Å². The van der Waals surface area contributed by atoms with E-state index < -0.39 is 5.97 Å². The van der Waals surface area contributed by atoms with Crippen molar-refractivity contribution in [1.29, 1.82) is 0 Å². The van der Waals surface area contributed by atoms with Crippen LogP contribution in [0.4, 0.5) is 0 Å². The van der Waals surface area contributed by atoms with Gasteiger partial charge in [-0.1, -0.05) is 305 Å². The molecule has 0 atom stereocenters. The van der Waals surface area contributed by atoms with Crippen LogP contribution in [0, 0.1) is 0 Å². The topological polar surface area (TPSA) is 98.9 Å². The second kappa shape index (κ2) is 80.8. The van der Waals surface area contributed by atoms with Gasteiger partial charge in [-0.15, -0.1) is 0 Å². The van der Waals surface area contributed by atoms with E-state index in [0.717, 1.165) is 38.5 Å². The lowest BCUT2D eigenvalue weighted by Gasteiger charge is -2.20. The van der Waals surface area contributed by atoms with E-state index in [-0.39, 0.29) is 12.5 Å². The van der Waals surface area contributed by atoms with Crippen LogP contribution in [0.15, 0.2) is 97.2 Å². The summed E-state index contributed by atoms with van der Waals surface area (Å²) in [5.74, 6) is -0.606. The molecule has 7 heteroatoms. The average molecular weight is 1240 g/mol. The smallest absolute Gasteiger partial charge is 0.317 e. The predicted molar refractivity (Wildman–Crippen MR) is 401 cm³/mol. The number of nitrogens with zero attached hydrogens (tertiary/aromatic N) is 2. The summed E-state index contributed by atoms with van der Waals surface area (Å²) in [6, 6.07) is 0.783. The number of nitrogens with two attached hydrogens (primary N) is 1. The van der Waals surface area contributed by atoms with E-state index in [9.17, 15) is 9.59 Å². The Balaban J connectivity index is -0.00000151. The number of aliphatic carboxylic acids is 1. The summed E-state index contributed by atoms with van der Waals surface area (Å²) in [5.41, 5.74) is 6.37. The van der Waals surface area contributed by atoms with Gasteiger partial charge in [-0.3, -0.25) is 14.5 Å². The van der Waals surface area contributed by atoms with Crippen LogP contribution in [-0.4, -0.2) is 80.1 Å². The maximum atomic E-state index is 12.4. The molecule has 520 valence electrons. The van der Waals surface area contributed by atoms with E-state index in [2.05, 4.69) is 130 Å². The third-order valence-corrected chi connectivity index (χ3v) is 16.3. The van der Waals surface area contributed by atoms with E-state index in [1.807, 2.05) is 19.0 Å². The zero-order chi connectivity index (χ0) is 65.7. The number of carboxylic acid groups (broad SMARTS) is 1. The van der Waals surface area contributed by atoms with E-state index in [0.29, 0.717) is 18.6 Å². The van der Waals surface area contributed by atoms with Crippen molar-refractivity contribution in [2.75, 3.05) is 41.3 Å². The Morgan fingerprint density at radius 3 is 0.742 bits per heavy atom. The Morgan fingerprint density at radius 2 is 0.528 bits per heavy atom. The maximum Gasteiger partial charge on any atom is 0.317 e. The fraction of sp³-hybridized carbons (Fsp3) is 0.780. The molecule has 0 fully saturated rings. The first kappa shape index (κ1) is 89.9. The van der Waals surface area contributed by atoms with E-state index in [1.165, 1.54) is 295 Å². The number of unbranched alkanes of at least 4 members (excludes halogenated alkanes) is 36. The average Bonchev–Trinajstić information content (AvgIpc) is 3.50. The molecule has 89 heavy (non-hydrogen) atoms. The molecular weight excluding hydrogens is 1090 g/mol. The molecule has 0 saturated carbocycles. The molecule has 0 aromatic heterocycles. The van der Waals surface area contributed by atoms with Crippen LogP contribution in [0.5, 0.6) is 0 Å². The van der Waals surface area contributed by atoms with E-state index in [1.54, 1.807) is 19.0 Å². The molecule has 1 amide bonds. The second-order valence-electron chi connectivity index (χ2n) is 26.4. The Bertz CT molecular complexity index is 1540. The monoisotopic (exact) mass is 1240 g/mol. The molecule has 0 aliphatic heterocycles. The van der Waals surface area contributed by atoms with Gasteiger partial charge in [0.1, 0.15) is 0 Å². The van der Waals surface area contributed by atoms with Crippen LogP contribution >= 0.6 is 0 Å². The number of carbonyl (C=O) groups excluding carboxylic acids is 1. The van der Waals surface area contributed by atoms with E-state index >= 15 is 0 Å². The molecule has 0 radical (unpaired) electrons. The highest BCUT2D eigenvalue weighted by Crippen LogP contribution is 2.18. The Hall–Kier alpha value is -3.26. The molecule has 0 aromatic carbocycles. The van der Waals surface area contributed by atoms with Gasteiger partial charge in [0.25, 0.3) is 0 Å². The lowest BCUT2D eigenvalue weighted by atomic mass is 9.99. The van der Waals surface area contributed by atoms with Gasteiger partial charge in [-0.05, 0) is 182 Å². The van der Waals surface area contributed by atoms with Crippen molar-refractivity contribution in [1.82, 2.24) is 15.1 Å². The maximum absolute atomic E-state index is 12.4. The van der Waals surface area contributed by atoms with Gasteiger partial charge in [0.2, 0.25) is 5.91 Å². The fourth-order valence-corrected chi connectivity index (χ4v) is 10.8. The van der Waals surface area contributed by atoms with Crippen LogP contribution in [0.3, 0.4) is 0 Å². The normalized spacial score (nSPS) is 12.2. The summed E-state index contributed by atoms with van der Waals surface area (Å²) in [4.78, 5) is 25.8. The number of rotatable bonds is 65. The van der Waals surface area contributed by atoms with Gasteiger partial charge in [-0.2, -0.15) is 0 Å². The first-order valence-electron chi connectivity index (χ1n) is 38.3. The van der Waals surface area contributed by atoms with Crippen molar-refractivity contribution >= 4 is 11.9 Å². The molecular formula is C82H154N4O3. The number of hydrogen-bond donors (Lipinski definition) is 3. The highest BCUT2D eigenvalue weighted by molar-refractivity contribution is 5.78. The second-order valence-corrected chi connectivity index (χ2v) is 26.4. The van der Waals surface area contributed by atoms with Crippen molar-refractivity contribution in [3.8, 4) is 0 Å². The van der Waals surface area contributed by atoms with Crippen LogP contribution in [-0.2, 0) is 9.59 Å². The number of carboxylic acids is 1. The largest absolute Gasteiger partial charge is 0.480 e. The number of carbonyl (C=O) groups is 2. The fourth-order valence-electron chi connectivity index (χ4n) is 10.8. The molecule has 0 aromatic rings. The minimum absolute atomic E-state index is 0.111. The number of likely N-dealkylation sites (N-methyl/N-ethyl adjacent to an activating group) is 2. The molecule has 0 bridgehead atoms. The molecule has 0 heterocycles. The van der Waals surface area contributed by atoms with Gasteiger partial charge in [-0.25, -0.2) is 0 Å². The van der Waals surface area contributed by atoms with Gasteiger partial charge in [0, 0.05) is 12.1 Å². The molecule has 0 rings (SSSR count). The summed E-state index contributed by atoms with van der Waals surface area (Å²) in [6.45, 7) is 9.66. The SMILES string of the molecule is CCCCC/C=C\C/C=C\CCCCCCCCC(CCCCCCCC/C=C\C/C=C\CCCCC)NC(=O)CN(C)C.CCCCC/C=C\C/C=C\CCCCCCCCC(N)CCCCCCCC/C=C\C/C=C\CCCCC.CN(C)CC(=O)O. The van der Waals surface area contributed by atoms with Gasteiger partial charge >= 0.3 is 5.97 Å². The van der Waals surface area contributed by atoms with Gasteiger partial charge < -0.3 is 21.1 Å². The number of allylic oxidation sites excluding steroid dienone is 16. The van der Waals surface area contributed by atoms with Crippen LogP contribution in [0.2, 0.25) is 0 Å². The number of hydrogen-bond acceptors (Lipinski definition) is 5. The zero-order valence-corrected chi connectivity index (χ0v) is 60.8. The van der Waals surface area contributed by atoms with Crippen molar-refractivity contribution in [2.45, 2.75) is 374 Å². The standard InChI is InChI=1S/C41H76N2O.C37H69N.C4H9NO2/c1-5-7-9-11-13-15-17-19-21-23-25-27-29-31-33-35-37-40(42-41(44)39-43(3)4)38-36-34-32-30-28-26-24-22-20-18-16-14-12-10-8-6-2;1-3-5-7-9-11-13-15-17-19-21-23-25-27-29-31-33-35-37(38)36-34-32-30-28-26-24-22-20-18-16-14-12-10-8-6-4-2;1-5(2)3-4(6)7/h13-16,19-22,40H,5-12,17-18,23-39H2,1-4H3,(H,42,44);11-14,17-20,37H,3-10,15-16,21-36,38H2,1-2H3;3H2,1-2H3,(H,6,7)/b15-13-,16-14-,21-19-,22-20-;13-11-,14-12-,19-17-,20-18-;. The zero-order valence-electron chi connectivity index (χ0n) is 60.8. The molecule has 0 aliphatic rings. The summed E-state index contributed by atoms with van der Waals surface area (Å²) in [5, 5.41) is 11.4. The third-order valence-electron chi connectivity index (χ3n) is 16.3. The third kappa shape index (κ3) is 89.0. The molecule has 0 saturated heterocycles. The van der Waals surface area contributed by atoms with Crippen molar-refractivity contribution in [2.24, 2.45) is 5.73 Å². The summed E-state index contributed by atoms with van der Waals surface area (Å²) < 4.78 is 0. The predicted octanol–water partition coefficient (Wildman–Crippen LogP) is 24.8. The van der Waals surface area contributed by atoms with E-state index in [4.69, 9.17) is 10.8 Å². The van der Waals surface area contributed by atoms with Crippen LogP contribution in [0.1, 0.15) is 362 Å². The quantitative estimate of drug-likeness (QED) is 0.0415. The highest BCUT2D eigenvalue weighted by atomic mass is 16.4. The Morgan fingerprint density at radius 1 is 0.315 bits per heavy atom. The molecule has 7 nitrogen and oxygen atoms in total. The minimum atomic E-state index is -0.787. The van der Waals surface area contributed by atoms with Crippen LogP contribution in [0.25, 0.3) is 0 Å². The summed E-state index contributed by atoms with van der Waals surface area (Å²) >= 11 is 0. The molecule has 4 N–H and O–H groups in total. The molecule has 0 unspecified atom stereocenters. The first-order chi connectivity index (χ1) is 43.5. The van der Waals surface area contributed by atoms with Gasteiger partial charge in [0.05, 0.1) is 13.1 Å². The lowest BCUT2D eigenvalue weighted by molar-refractivity contribution is -0.137. The lowest BCUT2D eigenvalue weighted by Crippen LogP contribution is -2.40. The van der Waals surface area contributed by atoms with Crippen molar-refractivity contribution < 1.29 is 14.7 Å². The number of nitrogens with one attached hydrogen (secondary N) is 1. The summed E-state index contributed by atoms with van der Waals surface area (Å²) in [6.07, 6.45) is 105. The highest BCUT2D eigenvalue weighted by Gasteiger charge is 2.13. The van der Waals surface area contributed by atoms with Crippen molar-refractivity contribution in [3.63, 3.8) is 0 Å². The minimum Gasteiger partial charge on any atom is -0.480 e. The first-order valence-corrected chi connectivity index (χ1v) is 38.3. The number of amides is 1. The van der Waals surface area contributed by atoms with Crippen LogP contribution < -0.4 is 11.1 Å². The molecule has 0 spiro atoms. The Labute approximate surface area is 556 Å².